The van der Waals surface area contributed by atoms with E-state index in [9.17, 15) is 13.2 Å². The topological polar surface area (TPSA) is 134 Å². The van der Waals surface area contributed by atoms with Crippen LogP contribution in [0.2, 0.25) is 0 Å². The quantitative estimate of drug-likeness (QED) is 0.233. The first-order chi connectivity index (χ1) is 17.5. The lowest BCUT2D eigenvalue weighted by molar-refractivity contribution is 0.250. The van der Waals surface area contributed by atoms with E-state index in [4.69, 9.17) is 4.18 Å². The minimum absolute atomic E-state index is 0.0276. The number of benzene rings is 2. The molecule has 0 saturated carbocycles. The molecule has 0 unspecified atom stereocenters. The van der Waals surface area contributed by atoms with Gasteiger partial charge in [0.15, 0.2) is 0 Å². The molecule has 3 N–H and O–H groups in total. The SMILES string of the molecule is O=C(NCCCN1CCCC1)Nc1nc2ccc(OS(=O)(=O)c3ccc(-n4ccnc4)cc3)cc2[nH]1. The van der Waals surface area contributed by atoms with Crippen molar-refractivity contribution >= 4 is 33.1 Å². The fourth-order valence-electron chi connectivity index (χ4n) is 4.13. The second-order valence-electron chi connectivity index (χ2n) is 8.55. The van der Waals surface area contributed by atoms with E-state index >= 15 is 0 Å². The van der Waals surface area contributed by atoms with Crippen molar-refractivity contribution in [2.24, 2.45) is 0 Å². The van der Waals surface area contributed by atoms with Crippen LogP contribution in [0.3, 0.4) is 0 Å². The number of likely N-dealkylation sites (tertiary alicyclic amines) is 1. The van der Waals surface area contributed by atoms with Gasteiger partial charge in [0.1, 0.15) is 10.6 Å². The molecule has 11 nitrogen and oxygen atoms in total. The number of hydrogen-bond donors (Lipinski definition) is 3. The molecule has 0 atom stereocenters. The number of anilines is 1. The Morgan fingerprint density at radius 2 is 1.92 bits per heavy atom. The summed E-state index contributed by atoms with van der Waals surface area (Å²) in [4.78, 5) is 25.9. The average molecular weight is 510 g/mol. The lowest BCUT2D eigenvalue weighted by atomic mass is 10.3. The first kappa shape index (κ1) is 23.8. The van der Waals surface area contributed by atoms with Crippen LogP contribution in [0.4, 0.5) is 10.7 Å². The van der Waals surface area contributed by atoms with E-state index in [1.54, 1.807) is 41.5 Å². The molecular weight excluding hydrogens is 482 g/mol. The highest BCUT2D eigenvalue weighted by molar-refractivity contribution is 7.87. The molecule has 188 valence electrons. The van der Waals surface area contributed by atoms with Gasteiger partial charge in [0.05, 0.1) is 17.4 Å². The molecule has 2 aromatic carbocycles. The number of hydrogen-bond acceptors (Lipinski definition) is 7. The van der Waals surface area contributed by atoms with Gasteiger partial charge >= 0.3 is 16.1 Å². The molecule has 2 amide bonds. The van der Waals surface area contributed by atoms with Crippen molar-refractivity contribution in [1.82, 2.24) is 29.7 Å². The highest BCUT2D eigenvalue weighted by Crippen LogP contribution is 2.24. The number of aromatic amines is 1. The highest BCUT2D eigenvalue weighted by Gasteiger charge is 2.18. The van der Waals surface area contributed by atoms with Crippen LogP contribution in [0.15, 0.2) is 66.1 Å². The van der Waals surface area contributed by atoms with Crippen LogP contribution in [0.5, 0.6) is 5.75 Å². The molecule has 0 radical (unpaired) electrons. The van der Waals surface area contributed by atoms with Gasteiger partial charge in [-0.15, -0.1) is 0 Å². The van der Waals surface area contributed by atoms with Crippen molar-refractivity contribution in [2.45, 2.75) is 24.2 Å². The van der Waals surface area contributed by atoms with Crippen LogP contribution in [0, 0.1) is 0 Å². The number of nitrogens with zero attached hydrogens (tertiary/aromatic N) is 4. The summed E-state index contributed by atoms with van der Waals surface area (Å²) >= 11 is 0. The normalized spacial score (nSPS) is 14.2. The van der Waals surface area contributed by atoms with Crippen LogP contribution >= 0.6 is 0 Å². The summed E-state index contributed by atoms with van der Waals surface area (Å²) in [7, 11) is -4.04. The number of H-pyrrole nitrogens is 1. The van der Waals surface area contributed by atoms with Gasteiger partial charge in [-0.05, 0) is 75.3 Å². The summed E-state index contributed by atoms with van der Waals surface area (Å²) in [6, 6.07) is 10.6. The largest absolute Gasteiger partial charge is 0.379 e. The molecule has 0 bridgehead atoms. The Morgan fingerprint density at radius 3 is 2.67 bits per heavy atom. The van der Waals surface area contributed by atoms with Crippen LogP contribution in [-0.4, -0.2) is 65.0 Å². The number of nitrogens with one attached hydrogen (secondary N) is 3. The Hall–Kier alpha value is -3.90. The van der Waals surface area contributed by atoms with Crippen molar-refractivity contribution in [1.29, 1.82) is 0 Å². The van der Waals surface area contributed by atoms with Gasteiger partial charge in [0.25, 0.3) is 0 Å². The molecule has 5 rings (SSSR count). The number of aromatic nitrogens is 4. The number of fused-ring (bicyclic) bond motifs is 1. The zero-order valence-corrected chi connectivity index (χ0v) is 20.4. The Morgan fingerprint density at radius 1 is 1.11 bits per heavy atom. The number of amides is 2. The lowest BCUT2D eigenvalue weighted by Crippen LogP contribution is -2.32. The summed E-state index contributed by atoms with van der Waals surface area (Å²) in [5.74, 6) is 0.389. The fraction of sp³-hybridized carbons (Fsp3) is 0.292. The van der Waals surface area contributed by atoms with Crippen molar-refractivity contribution in [2.75, 3.05) is 31.5 Å². The van der Waals surface area contributed by atoms with Crippen LogP contribution < -0.4 is 14.8 Å². The standard InChI is InChI=1S/C24H27N7O4S/c32-24(26-10-3-14-30-12-1-2-13-30)29-23-27-21-9-6-19(16-22(21)28-23)35-36(33,34)20-7-4-18(5-8-20)31-15-11-25-17-31/h4-9,11,15-17H,1-3,10,12-14H2,(H3,26,27,28,29,32). The maximum Gasteiger partial charge on any atom is 0.339 e. The van der Waals surface area contributed by atoms with Crippen molar-refractivity contribution < 1.29 is 17.4 Å². The molecule has 0 spiro atoms. The molecular formula is C24H27N7O4S. The minimum atomic E-state index is -4.04. The van der Waals surface area contributed by atoms with E-state index in [0.717, 1.165) is 31.7 Å². The van der Waals surface area contributed by atoms with Gasteiger partial charge in [-0.25, -0.2) is 14.8 Å². The molecule has 1 fully saturated rings. The van der Waals surface area contributed by atoms with Gasteiger partial charge < -0.3 is 24.0 Å². The predicted molar refractivity (Wildman–Crippen MR) is 135 cm³/mol. The maximum atomic E-state index is 12.8. The van der Waals surface area contributed by atoms with E-state index in [-0.39, 0.29) is 22.6 Å². The van der Waals surface area contributed by atoms with E-state index in [2.05, 4.69) is 30.5 Å². The monoisotopic (exact) mass is 509 g/mol. The van der Waals surface area contributed by atoms with E-state index in [0.29, 0.717) is 17.6 Å². The smallest absolute Gasteiger partial charge is 0.339 e. The number of imidazole rings is 2. The highest BCUT2D eigenvalue weighted by atomic mass is 32.2. The summed E-state index contributed by atoms with van der Waals surface area (Å²) in [6.45, 7) is 3.82. The van der Waals surface area contributed by atoms with Crippen LogP contribution in [0.25, 0.3) is 16.7 Å². The van der Waals surface area contributed by atoms with Crippen LogP contribution in [0.1, 0.15) is 19.3 Å². The summed E-state index contributed by atoms with van der Waals surface area (Å²) < 4.78 is 32.6. The third-order valence-electron chi connectivity index (χ3n) is 5.95. The van der Waals surface area contributed by atoms with Crippen LogP contribution in [-0.2, 0) is 10.1 Å². The summed E-state index contributed by atoms with van der Waals surface area (Å²) in [6.07, 6.45) is 8.42. The Bertz CT molecular complexity index is 1430. The Labute approximate surface area is 208 Å². The number of carbonyl (C=O) groups excluding carboxylic acids is 1. The van der Waals surface area contributed by atoms with Gasteiger partial charge in [0.2, 0.25) is 5.95 Å². The molecule has 12 heteroatoms. The first-order valence-corrected chi connectivity index (χ1v) is 13.2. The molecule has 2 aromatic heterocycles. The lowest BCUT2D eigenvalue weighted by Gasteiger charge is -2.14. The van der Waals surface area contributed by atoms with E-state index in [1.807, 2.05) is 0 Å². The van der Waals surface area contributed by atoms with E-state index in [1.165, 1.54) is 37.1 Å². The molecule has 1 saturated heterocycles. The number of carbonyl (C=O) groups is 1. The Balaban J connectivity index is 1.18. The van der Waals surface area contributed by atoms with Crippen molar-refractivity contribution in [3.63, 3.8) is 0 Å². The van der Waals surface area contributed by atoms with Crippen molar-refractivity contribution in [3.05, 3.63) is 61.2 Å². The summed E-state index contributed by atoms with van der Waals surface area (Å²) in [5, 5.41) is 5.50. The predicted octanol–water partition coefficient (Wildman–Crippen LogP) is 3.12. The van der Waals surface area contributed by atoms with Gasteiger partial charge in [-0.1, -0.05) is 0 Å². The fourth-order valence-corrected chi connectivity index (χ4v) is 5.06. The molecule has 1 aliphatic rings. The first-order valence-electron chi connectivity index (χ1n) is 11.8. The zero-order chi connectivity index (χ0) is 25.0. The van der Waals surface area contributed by atoms with Crippen molar-refractivity contribution in [3.8, 4) is 11.4 Å². The number of rotatable bonds is 9. The van der Waals surface area contributed by atoms with E-state index < -0.39 is 10.1 Å². The minimum Gasteiger partial charge on any atom is -0.379 e. The molecule has 3 heterocycles. The molecule has 4 aromatic rings. The zero-order valence-electron chi connectivity index (χ0n) is 19.6. The third kappa shape index (κ3) is 5.66. The molecule has 1 aliphatic heterocycles. The second kappa shape index (κ2) is 10.4. The van der Waals surface area contributed by atoms with Gasteiger partial charge in [-0.3, -0.25) is 5.32 Å². The molecule has 36 heavy (non-hydrogen) atoms. The molecule has 0 aliphatic carbocycles. The maximum absolute atomic E-state index is 12.8. The van der Waals surface area contributed by atoms with Gasteiger partial charge in [-0.2, -0.15) is 8.42 Å². The van der Waals surface area contributed by atoms with Gasteiger partial charge in [0, 0.05) is 30.7 Å². The second-order valence-corrected chi connectivity index (χ2v) is 10.1. The average Bonchev–Trinajstić information content (AvgIpc) is 3.64. The third-order valence-corrected chi connectivity index (χ3v) is 7.22. The Kier molecular flexibility index (Phi) is 6.87. The summed E-state index contributed by atoms with van der Waals surface area (Å²) in [5.41, 5.74) is 1.87. The number of urea groups is 1.